The molecule has 0 aliphatic heterocycles. The van der Waals surface area contributed by atoms with Crippen LogP contribution < -0.4 is 0 Å². The van der Waals surface area contributed by atoms with Gasteiger partial charge in [-0.05, 0) is 37.5 Å². The lowest BCUT2D eigenvalue weighted by molar-refractivity contribution is -0.148. The molecule has 0 fully saturated rings. The number of rotatable bonds is 4. The summed E-state index contributed by atoms with van der Waals surface area (Å²) in [7, 11) is 0. The van der Waals surface area contributed by atoms with E-state index in [9.17, 15) is 9.90 Å². The van der Waals surface area contributed by atoms with Crippen LogP contribution in [0.2, 0.25) is 0 Å². The largest absolute Gasteiger partial charge is 0.504 e. The molecule has 0 spiro atoms. The maximum absolute atomic E-state index is 11.1. The molecule has 0 aromatic heterocycles. The van der Waals surface area contributed by atoms with Crippen molar-refractivity contribution in [2.45, 2.75) is 26.7 Å². The Hall–Kier alpha value is -1.71. The van der Waals surface area contributed by atoms with Crippen LogP contribution in [0.25, 0.3) is 0 Å². The Morgan fingerprint density at radius 2 is 1.94 bits per heavy atom. The molecule has 0 saturated carbocycles. The number of aliphatic carboxylic acids is 1. The molecule has 0 bridgehead atoms. The van der Waals surface area contributed by atoms with Crippen molar-refractivity contribution in [3.05, 3.63) is 23.8 Å². The number of phenols is 2. The number of carboxylic acids is 1. The number of hydrogen-bond acceptors (Lipinski definition) is 3. The highest BCUT2D eigenvalue weighted by Crippen LogP contribution is 2.31. The van der Waals surface area contributed by atoms with E-state index in [-0.39, 0.29) is 11.5 Å². The van der Waals surface area contributed by atoms with Gasteiger partial charge in [-0.25, -0.2) is 0 Å². The fraction of sp³-hybridized carbons (Fsp3) is 0.417. The van der Waals surface area contributed by atoms with Crippen LogP contribution in [0.3, 0.4) is 0 Å². The van der Waals surface area contributed by atoms with E-state index in [1.54, 1.807) is 13.0 Å². The van der Waals surface area contributed by atoms with Crippen molar-refractivity contribution < 1.29 is 20.1 Å². The number of hydrogen-bond donors (Lipinski definition) is 3. The van der Waals surface area contributed by atoms with Crippen molar-refractivity contribution >= 4 is 5.97 Å². The van der Waals surface area contributed by atoms with Gasteiger partial charge in [0, 0.05) is 0 Å². The smallest absolute Gasteiger partial charge is 0.309 e. The van der Waals surface area contributed by atoms with Crippen molar-refractivity contribution in [2.24, 2.45) is 5.41 Å². The van der Waals surface area contributed by atoms with Crippen LogP contribution in [0.4, 0.5) is 0 Å². The molecule has 4 heteroatoms. The number of carboxylic acid groups (broad SMARTS) is 1. The highest BCUT2D eigenvalue weighted by atomic mass is 16.4. The Kier molecular flexibility index (Phi) is 3.42. The summed E-state index contributed by atoms with van der Waals surface area (Å²) < 4.78 is 0. The first-order valence-electron chi connectivity index (χ1n) is 5.13. The van der Waals surface area contributed by atoms with E-state index in [1.807, 2.05) is 6.92 Å². The lowest BCUT2D eigenvalue weighted by Gasteiger charge is -2.23. The van der Waals surface area contributed by atoms with Crippen LogP contribution in [0, 0.1) is 5.41 Å². The van der Waals surface area contributed by atoms with Gasteiger partial charge in [-0.15, -0.1) is 0 Å². The lowest BCUT2D eigenvalue weighted by Crippen LogP contribution is -2.29. The first-order chi connectivity index (χ1) is 7.39. The molecule has 1 aromatic rings. The van der Waals surface area contributed by atoms with Crippen LogP contribution in [0.15, 0.2) is 18.2 Å². The molecule has 0 radical (unpaired) electrons. The molecular formula is C12H16O4. The summed E-state index contributed by atoms with van der Waals surface area (Å²) in [5.41, 5.74) is -0.147. The summed E-state index contributed by atoms with van der Waals surface area (Å²) in [6, 6.07) is 4.38. The summed E-state index contributed by atoms with van der Waals surface area (Å²) in [6.07, 6.45) is 0.830. The van der Waals surface area contributed by atoms with Crippen molar-refractivity contribution in [3.63, 3.8) is 0 Å². The van der Waals surface area contributed by atoms with Crippen molar-refractivity contribution in [1.29, 1.82) is 0 Å². The van der Waals surface area contributed by atoms with Gasteiger partial charge in [-0.2, -0.15) is 0 Å². The third kappa shape index (κ3) is 2.45. The van der Waals surface area contributed by atoms with Crippen LogP contribution in [-0.2, 0) is 11.2 Å². The van der Waals surface area contributed by atoms with E-state index in [2.05, 4.69) is 0 Å². The number of carbonyl (C=O) groups is 1. The zero-order valence-corrected chi connectivity index (χ0v) is 9.40. The van der Waals surface area contributed by atoms with E-state index >= 15 is 0 Å². The molecule has 88 valence electrons. The van der Waals surface area contributed by atoms with Gasteiger partial charge in [0.25, 0.3) is 0 Å². The van der Waals surface area contributed by atoms with Gasteiger partial charge in [0.15, 0.2) is 11.5 Å². The van der Waals surface area contributed by atoms with E-state index in [0.717, 1.165) is 0 Å². The average molecular weight is 224 g/mol. The quantitative estimate of drug-likeness (QED) is 0.685. The minimum absolute atomic E-state index is 0.197. The topological polar surface area (TPSA) is 77.8 Å². The normalized spacial score (nSPS) is 14.4. The molecule has 0 aliphatic carbocycles. The molecule has 1 atom stereocenters. The summed E-state index contributed by atoms with van der Waals surface area (Å²) >= 11 is 0. The third-order valence-corrected chi connectivity index (χ3v) is 2.93. The van der Waals surface area contributed by atoms with Gasteiger partial charge in [0.1, 0.15) is 0 Å². The Bertz CT molecular complexity index is 400. The third-order valence-electron chi connectivity index (χ3n) is 2.93. The predicted molar refractivity (Wildman–Crippen MR) is 59.5 cm³/mol. The van der Waals surface area contributed by atoms with Crippen LogP contribution in [0.1, 0.15) is 25.8 Å². The number of benzene rings is 1. The SMILES string of the molecule is CC[C@@](C)(Cc1ccc(O)c(O)c1)C(=O)O. The Morgan fingerprint density at radius 1 is 1.31 bits per heavy atom. The Labute approximate surface area is 94.2 Å². The van der Waals surface area contributed by atoms with Gasteiger partial charge >= 0.3 is 5.97 Å². The van der Waals surface area contributed by atoms with Gasteiger partial charge in [-0.1, -0.05) is 13.0 Å². The minimum atomic E-state index is -0.859. The van der Waals surface area contributed by atoms with Gasteiger partial charge in [-0.3, -0.25) is 4.79 Å². The fourth-order valence-electron chi connectivity index (χ4n) is 1.48. The molecule has 1 rings (SSSR count). The highest BCUT2D eigenvalue weighted by molar-refractivity contribution is 5.74. The fourth-order valence-corrected chi connectivity index (χ4v) is 1.48. The monoisotopic (exact) mass is 224 g/mol. The number of phenolic OH excluding ortho intramolecular Hbond substituents is 2. The maximum Gasteiger partial charge on any atom is 0.309 e. The summed E-state index contributed by atoms with van der Waals surface area (Å²) in [5, 5.41) is 27.6. The molecule has 0 aliphatic rings. The van der Waals surface area contributed by atoms with E-state index < -0.39 is 11.4 Å². The van der Waals surface area contributed by atoms with Gasteiger partial charge in [0.05, 0.1) is 5.41 Å². The molecule has 0 heterocycles. The first kappa shape index (κ1) is 12.4. The van der Waals surface area contributed by atoms with Crippen molar-refractivity contribution in [2.75, 3.05) is 0 Å². The standard InChI is InChI=1S/C12H16O4/c1-3-12(2,11(15)16)7-8-4-5-9(13)10(14)6-8/h4-6,13-14H,3,7H2,1-2H3,(H,15,16)/t12-/m0/s1. The molecule has 0 amide bonds. The van der Waals surface area contributed by atoms with Gasteiger partial charge < -0.3 is 15.3 Å². The van der Waals surface area contributed by atoms with Crippen LogP contribution in [-0.4, -0.2) is 21.3 Å². The minimum Gasteiger partial charge on any atom is -0.504 e. The van der Waals surface area contributed by atoms with Crippen LogP contribution >= 0.6 is 0 Å². The van der Waals surface area contributed by atoms with E-state index in [0.29, 0.717) is 18.4 Å². The first-order valence-corrected chi connectivity index (χ1v) is 5.13. The summed E-state index contributed by atoms with van der Waals surface area (Å²) in [5.74, 6) is -1.28. The molecule has 3 N–H and O–H groups in total. The van der Waals surface area contributed by atoms with Crippen LogP contribution in [0.5, 0.6) is 11.5 Å². The zero-order valence-electron chi connectivity index (χ0n) is 9.40. The molecule has 16 heavy (non-hydrogen) atoms. The second kappa shape index (κ2) is 4.43. The van der Waals surface area contributed by atoms with Crippen molar-refractivity contribution in [3.8, 4) is 11.5 Å². The second-order valence-electron chi connectivity index (χ2n) is 4.22. The predicted octanol–water partition coefficient (Wildman–Crippen LogP) is 2.14. The zero-order chi connectivity index (χ0) is 12.3. The lowest BCUT2D eigenvalue weighted by atomic mass is 9.81. The van der Waals surface area contributed by atoms with Gasteiger partial charge in [0.2, 0.25) is 0 Å². The second-order valence-corrected chi connectivity index (χ2v) is 4.22. The molecule has 4 nitrogen and oxygen atoms in total. The Morgan fingerprint density at radius 3 is 2.38 bits per heavy atom. The summed E-state index contributed by atoms with van der Waals surface area (Å²) in [6.45, 7) is 3.48. The maximum atomic E-state index is 11.1. The molecule has 0 saturated heterocycles. The molecule has 1 aromatic carbocycles. The highest BCUT2D eigenvalue weighted by Gasteiger charge is 2.31. The van der Waals surface area contributed by atoms with E-state index in [1.165, 1.54) is 12.1 Å². The Balaban J connectivity index is 2.95. The molecule has 0 unspecified atom stereocenters. The average Bonchev–Trinajstić information content (AvgIpc) is 2.23. The summed E-state index contributed by atoms with van der Waals surface area (Å²) in [4.78, 5) is 11.1. The van der Waals surface area contributed by atoms with E-state index in [4.69, 9.17) is 10.2 Å². The molecular weight excluding hydrogens is 208 g/mol. The van der Waals surface area contributed by atoms with Crippen molar-refractivity contribution in [1.82, 2.24) is 0 Å². The number of aromatic hydroxyl groups is 2.